The van der Waals surface area contributed by atoms with Crippen LogP contribution in [-0.4, -0.2) is 12.8 Å². The number of hydrogen-bond acceptors (Lipinski definition) is 3. The third-order valence-electron chi connectivity index (χ3n) is 2.39. The normalized spacial score (nSPS) is 23.8. The fraction of sp³-hybridized carbons (Fsp3) is 0.182. The molecule has 1 atom stereocenters. The molecule has 0 aliphatic carbocycles. The molecule has 0 radical (unpaired) electrons. The van der Waals surface area contributed by atoms with Crippen molar-refractivity contribution < 1.29 is 23.0 Å². The van der Waals surface area contributed by atoms with Gasteiger partial charge in [0.1, 0.15) is 18.2 Å². The number of hydrogen-bond donors (Lipinski definition) is 0. The Morgan fingerprint density at radius 1 is 1.38 bits per heavy atom. The third kappa shape index (κ3) is 1.44. The standard InChI is InChI=1S/C11H8F2O3/c1-2-11(6-15-10(14)16-11)9-7(12)4-3-5-8(9)13/h2-5H,1,6H2/t11-/m0/s1. The van der Waals surface area contributed by atoms with Crippen LogP contribution in [0.2, 0.25) is 0 Å². The first-order valence-corrected chi connectivity index (χ1v) is 4.53. The minimum absolute atomic E-state index is 0.285. The monoisotopic (exact) mass is 226 g/mol. The van der Waals surface area contributed by atoms with Gasteiger partial charge < -0.3 is 9.47 Å². The van der Waals surface area contributed by atoms with E-state index in [1.165, 1.54) is 6.07 Å². The first kappa shape index (κ1) is 10.6. The molecule has 1 heterocycles. The Kier molecular flexibility index (Phi) is 2.38. The molecule has 0 amide bonds. The lowest BCUT2D eigenvalue weighted by Gasteiger charge is -2.21. The summed E-state index contributed by atoms with van der Waals surface area (Å²) in [6, 6.07) is 3.38. The molecule has 2 rings (SSSR count). The molecule has 0 spiro atoms. The van der Waals surface area contributed by atoms with Crippen molar-refractivity contribution >= 4 is 6.16 Å². The summed E-state index contributed by atoms with van der Waals surface area (Å²) in [4.78, 5) is 10.9. The maximum atomic E-state index is 13.5. The average molecular weight is 226 g/mol. The molecule has 0 saturated carbocycles. The van der Waals surface area contributed by atoms with Gasteiger partial charge in [-0.3, -0.25) is 0 Å². The lowest BCUT2D eigenvalue weighted by atomic mass is 9.94. The van der Waals surface area contributed by atoms with Gasteiger partial charge in [0.25, 0.3) is 0 Å². The topological polar surface area (TPSA) is 35.5 Å². The van der Waals surface area contributed by atoms with Crippen molar-refractivity contribution in [3.63, 3.8) is 0 Å². The van der Waals surface area contributed by atoms with Crippen molar-refractivity contribution in [3.8, 4) is 0 Å². The molecule has 1 fully saturated rings. The van der Waals surface area contributed by atoms with Crippen molar-refractivity contribution in [2.45, 2.75) is 5.60 Å². The number of rotatable bonds is 2. The van der Waals surface area contributed by atoms with Gasteiger partial charge in [0.05, 0.1) is 5.56 Å². The van der Waals surface area contributed by atoms with Crippen LogP contribution < -0.4 is 0 Å². The second-order valence-corrected chi connectivity index (χ2v) is 3.33. The highest BCUT2D eigenvalue weighted by molar-refractivity contribution is 5.64. The summed E-state index contributed by atoms with van der Waals surface area (Å²) in [5.74, 6) is -1.61. The number of benzene rings is 1. The molecule has 1 saturated heterocycles. The van der Waals surface area contributed by atoms with Crippen LogP contribution in [0.5, 0.6) is 0 Å². The maximum absolute atomic E-state index is 13.5. The minimum Gasteiger partial charge on any atom is -0.429 e. The largest absolute Gasteiger partial charge is 0.509 e. The van der Waals surface area contributed by atoms with E-state index in [1.54, 1.807) is 0 Å². The Balaban J connectivity index is 2.57. The molecule has 0 aromatic heterocycles. The van der Waals surface area contributed by atoms with E-state index in [0.717, 1.165) is 18.2 Å². The van der Waals surface area contributed by atoms with E-state index in [-0.39, 0.29) is 12.2 Å². The first-order chi connectivity index (χ1) is 7.59. The lowest BCUT2D eigenvalue weighted by Crippen LogP contribution is -2.28. The minimum atomic E-state index is -1.58. The van der Waals surface area contributed by atoms with Gasteiger partial charge in [-0.15, -0.1) is 0 Å². The van der Waals surface area contributed by atoms with E-state index in [4.69, 9.17) is 4.74 Å². The molecule has 3 nitrogen and oxygen atoms in total. The molecule has 1 aliphatic heterocycles. The summed E-state index contributed by atoms with van der Waals surface area (Å²) in [7, 11) is 0. The fourth-order valence-electron chi connectivity index (χ4n) is 1.60. The summed E-state index contributed by atoms with van der Waals surface area (Å²) in [6.07, 6.45) is 0.182. The average Bonchev–Trinajstić information content (AvgIpc) is 2.61. The number of halogens is 2. The van der Waals surface area contributed by atoms with Gasteiger partial charge in [0.2, 0.25) is 0 Å². The quantitative estimate of drug-likeness (QED) is 0.574. The Bertz CT molecular complexity index is 438. The molecule has 0 unspecified atom stereocenters. The van der Waals surface area contributed by atoms with Gasteiger partial charge >= 0.3 is 6.16 Å². The second kappa shape index (κ2) is 3.59. The van der Waals surface area contributed by atoms with Gasteiger partial charge in [-0.2, -0.15) is 0 Å². The highest BCUT2D eigenvalue weighted by atomic mass is 19.1. The number of cyclic esters (lactones) is 2. The zero-order valence-corrected chi connectivity index (χ0v) is 8.20. The summed E-state index contributed by atoms with van der Waals surface area (Å²) in [5.41, 5.74) is -1.94. The van der Waals surface area contributed by atoms with Gasteiger partial charge in [-0.25, -0.2) is 13.6 Å². The van der Waals surface area contributed by atoms with Crippen LogP contribution in [0.15, 0.2) is 30.9 Å². The van der Waals surface area contributed by atoms with Crippen LogP contribution in [0.3, 0.4) is 0 Å². The summed E-state index contributed by atoms with van der Waals surface area (Å²) >= 11 is 0. The molecule has 16 heavy (non-hydrogen) atoms. The van der Waals surface area contributed by atoms with Crippen molar-refractivity contribution in [2.75, 3.05) is 6.61 Å². The van der Waals surface area contributed by atoms with Gasteiger partial charge in [0, 0.05) is 0 Å². The maximum Gasteiger partial charge on any atom is 0.509 e. The van der Waals surface area contributed by atoms with Crippen LogP contribution in [0.1, 0.15) is 5.56 Å². The number of carbonyl (C=O) groups is 1. The Hall–Kier alpha value is -1.91. The molecule has 5 heteroatoms. The first-order valence-electron chi connectivity index (χ1n) is 4.53. The number of carbonyl (C=O) groups excluding carboxylic acids is 1. The smallest absolute Gasteiger partial charge is 0.429 e. The van der Waals surface area contributed by atoms with Gasteiger partial charge in [-0.1, -0.05) is 12.6 Å². The molecular weight excluding hydrogens is 218 g/mol. The van der Waals surface area contributed by atoms with Crippen LogP contribution >= 0.6 is 0 Å². The van der Waals surface area contributed by atoms with E-state index in [0.29, 0.717) is 0 Å². The predicted molar refractivity (Wildman–Crippen MR) is 50.7 cm³/mol. The fourth-order valence-corrected chi connectivity index (χ4v) is 1.60. The van der Waals surface area contributed by atoms with Gasteiger partial charge in [0.15, 0.2) is 5.60 Å². The van der Waals surface area contributed by atoms with E-state index < -0.39 is 23.4 Å². The van der Waals surface area contributed by atoms with E-state index >= 15 is 0 Å². The van der Waals surface area contributed by atoms with Gasteiger partial charge in [-0.05, 0) is 18.2 Å². The molecule has 0 N–H and O–H groups in total. The zero-order valence-electron chi connectivity index (χ0n) is 8.20. The number of ether oxygens (including phenoxy) is 2. The van der Waals surface area contributed by atoms with E-state index in [2.05, 4.69) is 11.3 Å². The highest BCUT2D eigenvalue weighted by Gasteiger charge is 2.45. The van der Waals surface area contributed by atoms with Crippen molar-refractivity contribution in [1.29, 1.82) is 0 Å². The molecular formula is C11H8F2O3. The van der Waals surface area contributed by atoms with E-state index in [1.807, 2.05) is 0 Å². The highest BCUT2D eigenvalue weighted by Crippen LogP contribution is 2.35. The van der Waals surface area contributed by atoms with Crippen molar-refractivity contribution in [1.82, 2.24) is 0 Å². The van der Waals surface area contributed by atoms with Crippen LogP contribution in [0.4, 0.5) is 13.6 Å². The molecule has 1 aromatic rings. The van der Waals surface area contributed by atoms with Crippen molar-refractivity contribution in [3.05, 3.63) is 48.1 Å². The molecule has 1 aliphatic rings. The second-order valence-electron chi connectivity index (χ2n) is 3.33. The molecule has 1 aromatic carbocycles. The molecule has 0 bridgehead atoms. The summed E-state index contributed by atoms with van der Waals surface area (Å²) < 4.78 is 36.4. The van der Waals surface area contributed by atoms with E-state index in [9.17, 15) is 13.6 Å². The third-order valence-corrected chi connectivity index (χ3v) is 2.39. The van der Waals surface area contributed by atoms with Crippen molar-refractivity contribution in [2.24, 2.45) is 0 Å². The van der Waals surface area contributed by atoms with Crippen LogP contribution in [0.25, 0.3) is 0 Å². The van der Waals surface area contributed by atoms with Crippen LogP contribution in [-0.2, 0) is 15.1 Å². The summed E-state index contributed by atoms with van der Waals surface area (Å²) in [5, 5.41) is 0. The Labute approximate surface area is 90.3 Å². The SMILES string of the molecule is C=C[C@@]1(c2c(F)cccc2F)COC(=O)O1. The Morgan fingerprint density at radius 2 is 2.00 bits per heavy atom. The Morgan fingerprint density at radius 3 is 2.44 bits per heavy atom. The van der Waals surface area contributed by atoms with Crippen LogP contribution in [0, 0.1) is 11.6 Å². The molecule has 84 valence electrons. The zero-order chi connectivity index (χ0) is 11.8. The summed E-state index contributed by atoms with van der Waals surface area (Å²) in [6.45, 7) is 3.13. The lowest BCUT2D eigenvalue weighted by molar-refractivity contribution is 0.0842. The predicted octanol–water partition coefficient (Wildman–Crippen LogP) is 2.51.